The van der Waals surface area contributed by atoms with Gasteiger partial charge in [0.25, 0.3) is 0 Å². The molecule has 1 heterocycles. The molecule has 16 heavy (non-hydrogen) atoms. The van der Waals surface area contributed by atoms with Crippen LogP contribution in [-0.2, 0) is 10.0 Å². The number of hydrogen-bond donors (Lipinski definition) is 1. The van der Waals surface area contributed by atoms with Crippen molar-refractivity contribution in [1.29, 1.82) is 0 Å². The third-order valence-corrected chi connectivity index (χ3v) is 4.81. The lowest BCUT2D eigenvalue weighted by molar-refractivity contribution is 0.521. The van der Waals surface area contributed by atoms with Crippen molar-refractivity contribution in [3.8, 4) is 0 Å². The number of aromatic nitrogens is 1. The molecule has 0 aliphatic carbocycles. The van der Waals surface area contributed by atoms with Crippen molar-refractivity contribution < 1.29 is 8.42 Å². The molecule has 0 aliphatic heterocycles. The highest BCUT2D eigenvalue weighted by Gasteiger charge is 2.17. The Labute approximate surface area is 97.6 Å². The fourth-order valence-electron chi connectivity index (χ4n) is 1.29. The zero-order valence-corrected chi connectivity index (χ0v) is 10.5. The van der Waals surface area contributed by atoms with Crippen LogP contribution in [0.1, 0.15) is 0 Å². The summed E-state index contributed by atoms with van der Waals surface area (Å²) in [5, 5.41) is 0.439. The number of rotatable bonds is 2. The van der Waals surface area contributed by atoms with E-state index < -0.39 is 10.0 Å². The van der Waals surface area contributed by atoms with E-state index in [0.29, 0.717) is 5.13 Å². The highest BCUT2D eigenvalue weighted by atomic mass is 32.2. The van der Waals surface area contributed by atoms with Gasteiger partial charge in [-0.3, -0.25) is 0 Å². The molecule has 5 nitrogen and oxygen atoms in total. The number of hydrogen-bond acceptors (Lipinski definition) is 5. The molecule has 0 fully saturated rings. The molecule has 86 valence electrons. The SMILES string of the molecule is CN(C)S(=O)(=O)c1ccc2nc(N)sc2c1. The van der Waals surface area contributed by atoms with E-state index in [4.69, 9.17) is 5.73 Å². The first-order chi connectivity index (χ1) is 7.41. The molecule has 2 aromatic rings. The van der Waals surface area contributed by atoms with Crippen LogP contribution in [0.15, 0.2) is 23.1 Å². The van der Waals surface area contributed by atoms with Gasteiger partial charge >= 0.3 is 0 Å². The number of fused-ring (bicyclic) bond motifs is 1. The maximum atomic E-state index is 11.9. The average Bonchev–Trinajstić information content (AvgIpc) is 2.56. The van der Waals surface area contributed by atoms with Crippen molar-refractivity contribution in [3.05, 3.63) is 18.2 Å². The van der Waals surface area contributed by atoms with Gasteiger partial charge in [0.1, 0.15) is 0 Å². The van der Waals surface area contributed by atoms with Crippen LogP contribution in [0.4, 0.5) is 5.13 Å². The third-order valence-electron chi connectivity index (χ3n) is 2.16. The lowest BCUT2D eigenvalue weighted by Crippen LogP contribution is -2.22. The van der Waals surface area contributed by atoms with Gasteiger partial charge in [-0.05, 0) is 18.2 Å². The Morgan fingerprint density at radius 2 is 2.06 bits per heavy atom. The van der Waals surface area contributed by atoms with Crippen molar-refractivity contribution in [2.45, 2.75) is 4.90 Å². The molecule has 0 saturated heterocycles. The smallest absolute Gasteiger partial charge is 0.242 e. The number of sulfonamides is 1. The van der Waals surface area contributed by atoms with Crippen LogP contribution < -0.4 is 5.73 Å². The molecule has 0 amide bonds. The Balaban J connectivity index is 2.63. The quantitative estimate of drug-likeness (QED) is 0.875. The maximum absolute atomic E-state index is 11.9. The molecule has 0 saturated carbocycles. The molecule has 1 aromatic carbocycles. The molecule has 0 bridgehead atoms. The van der Waals surface area contributed by atoms with E-state index in [1.807, 2.05) is 0 Å². The van der Waals surface area contributed by atoms with E-state index in [1.54, 1.807) is 12.1 Å². The largest absolute Gasteiger partial charge is 0.375 e. The summed E-state index contributed by atoms with van der Waals surface area (Å²) >= 11 is 1.28. The lowest BCUT2D eigenvalue weighted by Gasteiger charge is -2.10. The minimum atomic E-state index is -3.39. The van der Waals surface area contributed by atoms with Crippen LogP contribution in [0.3, 0.4) is 0 Å². The predicted octanol–water partition coefficient (Wildman–Crippen LogP) is 1.13. The lowest BCUT2D eigenvalue weighted by atomic mass is 10.3. The van der Waals surface area contributed by atoms with Crippen molar-refractivity contribution >= 4 is 36.7 Å². The average molecular weight is 257 g/mol. The first kappa shape index (κ1) is 11.3. The van der Waals surface area contributed by atoms with Crippen LogP contribution in [0.25, 0.3) is 10.2 Å². The third kappa shape index (κ3) is 1.77. The molecule has 0 spiro atoms. The minimum absolute atomic E-state index is 0.258. The van der Waals surface area contributed by atoms with Crippen LogP contribution in [0.2, 0.25) is 0 Å². The van der Waals surface area contributed by atoms with Gasteiger partial charge < -0.3 is 5.73 Å². The van der Waals surface area contributed by atoms with E-state index in [2.05, 4.69) is 4.98 Å². The number of nitrogens with two attached hydrogens (primary N) is 1. The molecule has 2 N–H and O–H groups in total. The summed E-state index contributed by atoms with van der Waals surface area (Å²) in [5.41, 5.74) is 6.28. The first-order valence-corrected chi connectivity index (χ1v) is 6.75. The highest BCUT2D eigenvalue weighted by molar-refractivity contribution is 7.89. The normalized spacial score (nSPS) is 12.4. The molecule has 7 heteroatoms. The fourth-order valence-corrected chi connectivity index (χ4v) is 3.07. The van der Waals surface area contributed by atoms with Crippen LogP contribution in [0.5, 0.6) is 0 Å². The number of benzene rings is 1. The molecule has 0 atom stereocenters. The topological polar surface area (TPSA) is 76.3 Å². The van der Waals surface area contributed by atoms with Gasteiger partial charge in [-0.1, -0.05) is 11.3 Å². The van der Waals surface area contributed by atoms with Crippen LogP contribution in [-0.4, -0.2) is 31.8 Å². The molecule has 1 aromatic heterocycles. The first-order valence-electron chi connectivity index (χ1n) is 4.50. The van der Waals surface area contributed by atoms with Gasteiger partial charge in [0.15, 0.2) is 5.13 Å². The van der Waals surface area contributed by atoms with Gasteiger partial charge in [0.2, 0.25) is 10.0 Å². The van der Waals surface area contributed by atoms with Crippen molar-refractivity contribution in [3.63, 3.8) is 0 Å². The van der Waals surface area contributed by atoms with Crippen LogP contribution in [0, 0.1) is 0 Å². The fraction of sp³-hybridized carbons (Fsp3) is 0.222. The number of nitrogen functional groups attached to an aromatic ring is 1. The second-order valence-corrected chi connectivity index (χ2v) is 6.68. The molecule has 0 unspecified atom stereocenters. The summed E-state index contributed by atoms with van der Waals surface area (Å²) in [5.74, 6) is 0. The summed E-state index contributed by atoms with van der Waals surface area (Å²) < 4.78 is 25.7. The molecule has 2 rings (SSSR count). The minimum Gasteiger partial charge on any atom is -0.375 e. The van der Waals surface area contributed by atoms with Crippen molar-refractivity contribution in [2.24, 2.45) is 0 Å². The molecule has 0 aliphatic rings. The number of anilines is 1. The van der Waals surface area contributed by atoms with Crippen molar-refractivity contribution in [1.82, 2.24) is 9.29 Å². The molecule has 0 radical (unpaired) electrons. The van der Waals surface area contributed by atoms with E-state index in [9.17, 15) is 8.42 Å². The summed E-state index contributed by atoms with van der Waals surface area (Å²) in [6, 6.07) is 4.80. The Kier molecular flexibility index (Phi) is 2.61. The van der Waals surface area contributed by atoms with E-state index >= 15 is 0 Å². The molecular weight excluding hydrogens is 246 g/mol. The number of nitrogens with zero attached hydrogens (tertiary/aromatic N) is 2. The maximum Gasteiger partial charge on any atom is 0.242 e. The highest BCUT2D eigenvalue weighted by Crippen LogP contribution is 2.26. The summed E-state index contributed by atoms with van der Waals surface area (Å²) in [4.78, 5) is 4.33. The second kappa shape index (κ2) is 3.69. The zero-order chi connectivity index (χ0) is 11.9. The zero-order valence-electron chi connectivity index (χ0n) is 8.84. The van der Waals surface area contributed by atoms with E-state index in [-0.39, 0.29) is 4.90 Å². The summed E-state index contributed by atoms with van der Waals surface area (Å²) in [7, 11) is -0.387. The standard InChI is InChI=1S/C9H11N3O2S2/c1-12(2)16(13,14)6-3-4-7-8(5-6)15-9(10)11-7/h3-5H,1-2H3,(H2,10,11). The Morgan fingerprint density at radius 3 is 2.69 bits per heavy atom. The monoisotopic (exact) mass is 257 g/mol. The van der Waals surface area contributed by atoms with E-state index in [1.165, 1.54) is 35.8 Å². The Bertz CT molecular complexity index is 631. The van der Waals surface area contributed by atoms with Crippen LogP contribution >= 0.6 is 11.3 Å². The Morgan fingerprint density at radius 1 is 1.38 bits per heavy atom. The Hall–Kier alpha value is -1.18. The summed E-state index contributed by atoms with van der Waals surface area (Å²) in [6.45, 7) is 0. The van der Waals surface area contributed by atoms with Gasteiger partial charge in [-0.2, -0.15) is 0 Å². The summed E-state index contributed by atoms with van der Waals surface area (Å²) in [6.07, 6.45) is 0. The van der Waals surface area contributed by atoms with Gasteiger partial charge in [0, 0.05) is 14.1 Å². The van der Waals surface area contributed by atoms with Gasteiger partial charge in [0.05, 0.1) is 15.1 Å². The van der Waals surface area contributed by atoms with Gasteiger partial charge in [-0.25, -0.2) is 17.7 Å². The van der Waals surface area contributed by atoms with E-state index in [0.717, 1.165) is 10.2 Å². The van der Waals surface area contributed by atoms with Crippen molar-refractivity contribution in [2.75, 3.05) is 19.8 Å². The predicted molar refractivity (Wildman–Crippen MR) is 64.9 cm³/mol. The van der Waals surface area contributed by atoms with Gasteiger partial charge in [-0.15, -0.1) is 0 Å². The molecular formula is C9H11N3O2S2. The second-order valence-electron chi connectivity index (χ2n) is 3.47. The number of thiazole rings is 1.